The van der Waals surface area contributed by atoms with Crippen LogP contribution in [0.5, 0.6) is 17.2 Å². The Hall–Kier alpha value is -4.07. The third-order valence-corrected chi connectivity index (χ3v) is 5.07. The van der Waals surface area contributed by atoms with Crippen LogP contribution in [0.1, 0.15) is 17.2 Å². The zero-order valence-corrected chi connectivity index (χ0v) is 16.5. The zero-order chi connectivity index (χ0) is 21.2. The summed E-state index contributed by atoms with van der Waals surface area (Å²) in [6.07, 6.45) is 0.732. The van der Waals surface area contributed by atoms with Gasteiger partial charge in [-0.25, -0.2) is 4.98 Å². The zero-order valence-electron chi connectivity index (χ0n) is 16.5. The summed E-state index contributed by atoms with van der Waals surface area (Å²) in [5.41, 5.74) is 1.58. The van der Waals surface area contributed by atoms with E-state index in [0.29, 0.717) is 35.2 Å². The van der Waals surface area contributed by atoms with Crippen LogP contribution in [0.2, 0.25) is 0 Å². The first kappa shape index (κ1) is 18.9. The van der Waals surface area contributed by atoms with E-state index in [-0.39, 0.29) is 25.2 Å². The first-order valence-corrected chi connectivity index (χ1v) is 9.82. The number of anilines is 1. The first-order chi connectivity index (χ1) is 15.2. The summed E-state index contributed by atoms with van der Waals surface area (Å²) in [5.74, 6) is 1.48. The van der Waals surface area contributed by atoms with E-state index >= 15 is 0 Å². The van der Waals surface area contributed by atoms with Crippen LogP contribution >= 0.6 is 0 Å². The molecule has 0 spiro atoms. The Balaban J connectivity index is 1.32. The summed E-state index contributed by atoms with van der Waals surface area (Å²) < 4.78 is 16.6. The second-order valence-electron chi connectivity index (χ2n) is 7.12. The molecule has 5 rings (SSSR count). The number of hydrogen-bond donors (Lipinski definition) is 1. The third kappa shape index (κ3) is 3.75. The number of pyridine rings is 1. The van der Waals surface area contributed by atoms with Gasteiger partial charge in [0.05, 0.1) is 0 Å². The van der Waals surface area contributed by atoms with E-state index in [0.717, 1.165) is 5.56 Å². The van der Waals surface area contributed by atoms with Crippen molar-refractivity contribution >= 4 is 17.6 Å². The molecule has 8 heteroatoms. The van der Waals surface area contributed by atoms with Crippen molar-refractivity contribution in [3.63, 3.8) is 0 Å². The van der Waals surface area contributed by atoms with Crippen molar-refractivity contribution in [3.8, 4) is 17.2 Å². The van der Waals surface area contributed by atoms with Crippen molar-refractivity contribution < 1.29 is 23.8 Å². The lowest BCUT2D eigenvalue weighted by molar-refractivity contribution is -0.129. The molecule has 1 unspecified atom stereocenters. The standard InChI is InChI=1S/C23H19N3O5/c27-20(25-12-15-8-9-17-19(11-15)30-14-29-17)13-26-22-18(7-4-10-24-22)31-21(23(26)28)16-5-2-1-3-6-16/h1-11,21H,12-14H2,(H,25,27). The van der Waals surface area contributed by atoms with Gasteiger partial charge >= 0.3 is 0 Å². The molecule has 2 aromatic carbocycles. The molecule has 1 N–H and O–H groups in total. The molecule has 0 fully saturated rings. The van der Waals surface area contributed by atoms with Crippen LogP contribution in [0.15, 0.2) is 66.9 Å². The molecule has 8 nitrogen and oxygen atoms in total. The molecule has 156 valence electrons. The maximum atomic E-state index is 13.2. The van der Waals surface area contributed by atoms with Gasteiger partial charge in [0.1, 0.15) is 6.54 Å². The Kier molecular flexibility index (Phi) is 4.87. The molecule has 2 aliphatic heterocycles. The van der Waals surface area contributed by atoms with Crippen molar-refractivity contribution in [1.29, 1.82) is 0 Å². The van der Waals surface area contributed by atoms with Gasteiger partial charge in [0.15, 0.2) is 23.1 Å². The van der Waals surface area contributed by atoms with E-state index in [1.165, 1.54) is 4.90 Å². The minimum atomic E-state index is -0.834. The molecule has 0 saturated carbocycles. The lowest BCUT2D eigenvalue weighted by atomic mass is 10.1. The van der Waals surface area contributed by atoms with E-state index in [1.54, 1.807) is 24.4 Å². The fourth-order valence-corrected chi connectivity index (χ4v) is 3.54. The maximum Gasteiger partial charge on any atom is 0.274 e. The minimum absolute atomic E-state index is 0.167. The Labute approximate surface area is 178 Å². The van der Waals surface area contributed by atoms with Crippen LogP contribution in [-0.4, -0.2) is 30.1 Å². The molecule has 2 amide bonds. The van der Waals surface area contributed by atoms with Crippen LogP contribution in [0.25, 0.3) is 0 Å². The average molecular weight is 417 g/mol. The lowest BCUT2D eigenvalue weighted by Gasteiger charge is -2.33. The van der Waals surface area contributed by atoms with Crippen molar-refractivity contribution in [1.82, 2.24) is 10.3 Å². The number of amides is 2. The smallest absolute Gasteiger partial charge is 0.274 e. The van der Waals surface area contributed by atoms with Crippen molar-refractivity contribution in [2.75, 3.05) is 18.2 Å². The van der Waals surface area contributed by atoms with Gasteiger partial charge in [-0.15, -0.1) is 0 Å². The number of carbonyl (C=O) groups excluding carboxylic acids is 2. The van der Waals surface area contributed by atoms with Crippen LogP contribution in [0.3, 0.4) is 0 Å². The number of ether oxygens (including phenoxy) is 3. The lowest BCUT2D eigenvalue weighted by Crippen LogP contribution is -2.46. The van der Waals surface area contributed by atoms with E-state index in [2.05, 4.69) is 10.3 Å². The van der Waals surface area contributed by atoms with Gasteiger partial charge in [0, 0.05) is 18.3 Å². The number of rotatable bonds is 5. The summed E-state index contributed by atoms with van der Waals surface area (Å²) in [6.45, 7) is 0.324. The van der Waals surface area contributed by atoms with Crippen molar-refractivity contribution in [2.45, 2.75) is 12.6 Å². The van der Waals surface area contributed by atoms with Crippen molar-refractivity contribution in [3.05, 3.63) is 78.0 Å². The number of carbonyl (C=O) groups is 2. The highest BCUT2D eigenvalue weighted by atomic mass is 16.7. The second kappa shape index (κ2) is 7.98. The molecule has 3 aromatic rings. The summed E-state index contributed by atoms with van der Waals surface area (Å²) in [7, 11) is 0. The van der Waals surface area contributed by atoms with Gasteiger partial charge in [-0.1, -0.05) is 36.4 Å². The molecular weight excluding hydrogens is 398 g/mol. The average Bonchev–Trinajstić information content (AvgIpc) is 3.28. The van der Waals surface area contributed by atoms with Crippen LogP contribution in [0.4, 0.5) is 5.82 Å². The van der Waals surface area contributed by atoms with E-state index in [9.17, 15) is 9.59 Å². The fourth-order valence-electron chi connectivity index (χ4n) is 3.54. The molecule has 0 bridgehead atoms. The SMILES string of the molecule is O=C(CN1C(=O)C(c2ccccc2)Oc2cccnc21)NCc1ccc2c(c1)OCO2. The summed E-state index contributed by atoms with van der Waals surface area (Å²) >= 11 is 0. The summed E-state index contributed by atoms with van der Waals surface area (Å²) in [5, 5.41) is 2.85. The van der Waals surface area contributed by atoms with Gasteiger partial charge in [-0.2, -0.15) is 0 Å². The molecule has 31 heavy (non-hydrogen) atoms. The fraction of sp³-hybridized carbons (Fsp3) is 0.174. The molecule has 2 aliphatic rings. The van der Waals surface area contributed by atoms with E-state index in [4.69, 9.17) is 14.2 Å². The number of nitrogens with one attached hydrogen (secondary N) is 1. The second-order valence-corrected chi connectivity index (χ2v) is 7.12. The Morgan fingerprint density at radius 1 is 1.03 bits per heavy atom. The summed E-state index contributed by atoms with van der Waals surface area (Å²) in [4.78, 5) is 31.5. The third-order valence-electron chi connectivity index (χ3n) is 5.07. The predicted octanol–water partition coefficient (Wildman–Crippen LogP) is 2.59. The number of nitrogens with zero attached hydrogens (tertiary/aromatic N) is 2. The molecule has 1 aromatic heterocycles. The minimum Gasteiger partial charge on any atom is -0.472 e. The van der Waals surface area contributed by atoms with Gasteiger partial charge in [-0.05, 0) is 29.8 Å². The highest BCUT2D eigenvalue weighted by molar-refractivity contribution is 6.03. The van der Waals surface area contributed by atoms with Crippen LogP contribution in [0, 0.1) is 0 Å². The molecule has 0 saturated heterocycles. The van der Waals surface area contributed by atoms with Crippen LogP contribution in [-0.2, 0) is 16.1 Å². The van der Waals surface area contributed by atoms with Gasteiger partial charge < -0.3 is 19.5 Å². The monoisotopic (exact) mass is 417 g/mol. The molecule has 0 aliphatic carbocycles. The van der Waals surface area contributed by atoms with Crippen LogP contribution < -0.4 is 24.4 Å². The quantitative estimate of drug-likeness (QED) is 0.686. The number of benzene rings is 2. The Morgan fingerprint density at radius 2 is 1.87 bits per heavy atom. The molecule has 3 heterocycles. The molecule has 0 radical (unpaired) electrons. The molecule has 1 atom stereocenters. The largest absolute Gasteiger partial charge is 0.472 e. The topological polar surface area (TPSA) is 90.0 Å². The maximum absolute atomic E-state index is 13.2. The Bertz CT molecular complexity index is 1140. The van der Waals surface area contributed by atoms with E-state index < -0.39 is 6.10 Å². The van der Waals surface area contributed by atoms with E-state index in [1.807, 2.05) is 42.5 Å². The molecular formula is C23H19N3O5. The number of fused-ring (bicyclic) bond motifs is 2. The predicted molar refractivity (Wildman–Crippen MR) is 111 cm³/mol. The van der Waals surface area contributed by atoms with Gasteiger partial charge in [0.2, 0.25) is 18.8 Å². The first-order valence-electron chi connectivity index (χ1n) is 9.82. The normalized spacial score (nSPS) is 16.5. The highest BCUT2D eigenvalue weighted by Gasteiger charge is 2.37. The summed E-state index contributed by atoms with van der Waals surface area (Å²) in [6, 6.07) is 18.1. The number of aromatic nitrogens is 1. The van der Waals surface area contributed by atoms with Gasteiger partial charge in [-0.3, -0.25) is 14.5 Å². The Morgan fingerprint density at radius 3 is 2.74 bits per heavy atom. The number of hydrogen-bond acceptors (Lipinski definition) is 6. The van der Waals surface area contributed by atoms with Crippen molar-refractivity contribution in [2.24, 2.45) is 0 Å². The van der Waals surface area contributed by atoms with Gasteiger partial charge in [0.25, 0.3) is 5.91 Å². The highest BCUT2D eigenvalue weighted by Crippen LogP contribution is 2.37.